The number of carbonyl (C=O) groups is 1. The smallest absolute Gasteiger partial charge is 0.255 e. The van der Waals surface area contributed by atoms with Crippen LogP contribution in [0, 0.1) is 0 Å². The van der Waals surface area contributed by atoms with Crippen LogP contribution in [-0.4, -0.2) is 14.3 Å². The molecule has 0 unspecified atom stereocenters. The Morgan fingerprint density at radius 2 is 1.33 bits per heavy atom. The maximum atomic E-state index is 12.7. The van der Waals surface area contributed by atoms with Gasteiger partial charge in [-0.3, -0.25) is 4.79 Å². The van der Waals surface area contributed by atoms with Crippen LogP contribution in [0.4, 0.5) is 11.4 Å². The molecule has 0 aliphatic carbocycles. The molecule has 5 nitrogen and oxygen atoms in total. The first-order valence-electron chi connectivity index (χ1n) is 9.97. The summed E-state index contributed by atoms with van der Waals surface area (Å²) in [7, 11) is -3.64. The van der Waals surface area contributed by atoms with Crippen LogP contribution in [0.5, 0.6) is 0 Å². The molecule has 0 bridgehead atoms. The van der Waals surface area contributed by atoms with E-state index in [1.807, 2.05) is 24.3 Å². The third kappa shape index (κ3) is 4.71. The number of hydrogen-bond acceptors (Lipinski definition) is 4. The third-order valence-electron chi connectivity index (χ3n) is 5.24. The van der Waals surface area contributed by atoms with Crippen LogP contribution >= 0.6 is 0 Å². The Bertz CT molecular complexity index is 1100. The Kier molecular flexibility index (Phi) is 6.57. The number of rotatable bonds is 7. The molecular formula is C24H26N2O3S. The molecule has 1 amide bonds. The first-order chi connectivity index (χ1) is 14.3. The fraction of sp³-hybridized carbons (Fsp3) is 0.208. The van der Waals surface area contributed by atoms with Crippen molar-refractivity contribution in [1.82, 2.24) is 0 Å². The summed E-state index contributed by atoms with van der Waals surface area (Å²) in [5.41, 5.74) is 8.44. The lowest BCUT2D eigenvalue weighted by molar-refractivity contribution is 0.102. The molecule has 0 saturated heterocycles. The lowest BCUT2D eigenvalue weighted by Gasteiger charge is -2.13. The molecule has 3 aromatic rings. The van der Waals surface area contributed by atoms with E-state index < -0.39 is 9.84 Å². The van der Waals surface area contributed by atoms with Crippen LogP contribution < -0.4 is 11.1 Å². The summed E-state index contributed by atoms with van der Waals surface area (Å²) in [6.45, 7) is 4.32. The van der Waals surface area contributed by atoms with E-state index in [2.05, 4.69) is 19.2 Å². The predicted molar refractivity (Wildman–Crippen MR) is 120 cm³/mol. The van der Waals surface area contributed by atoms with Gasteiger partial charge in [0.05, 0.1) is 9.79 Å². The molecule has 3 rings (SSSR count). The Hall–Kier alpha value is -3.12. The highest BCUT2D eigenvalue weighted by molar-refractivity contribution is 7.91. The lowest BCUT2D eigenvalue weighted by Crippen LogP contribution is -2.12. The van der Waals surface area contributed by atoms with Crippen LogP contribution in [-0.2, 0) is 9.84 Å². The minimum atomic E-state index is -3.64. The molecule has 0 fully saturated rings. The van der Waals surface area contributed by atoms with Gasteiger partial charge in [0.25, 0.3) is 5.91 Å². The molecule has 0 aliphatic heterocycles. The van der Waals surface area contributed by atoms with E-state index >= 15 is 0 Å². The SMILES string of the molecule is CCC(CC)c1ccc(C(=O)Nc2ccc(S(=O)(=O)c3ccc(N)cc3)cc2)cc1. The molecule has 3 N–H and O–H groups in total. The number of carbonyl (C=O) groups excluding carboxylic acids is 1. The van der Waals surface area contributed by atoms with E-state index in [-0.39, 0.29) is 15.7 Å². The highest BCUT2D eigenvalue weighted by atomic mass is 32.2. The average molecular weight is 423 g/mol. The Balaban J connectivity index is 1.72. The zero-order valence-electron chi connectivity index (χ0n) is 17.1. The van der Waals surface area contributed by atoms with Gasteiger partial charge in [-0.25, -0.2) is 8.42 Å². The monoisotopic (exact) mass is 422 g/mol. The van der Waals surface area contributed by atoms with Crippen molar-refractivity contribution in [3.05, 3.63) is 83.9 Å². The third-order valence-corrected chi connectivity index (χ3v) is 7.03. The Labute approximate surface area is 177 Å². The number of nitrogens with two attached hydrogens (primary N) is 1. The molecule has 0 heterocycles. The average Bonchev–Trinajstić information content (AvgIpc) is 2.76. The summed E-state index contributed by atoms with van der Waals surface area (Å²) in [5, 5.41) is 2.81. The topological polar surface area (TPSA) is 89.3 Å². The van der Waals surface area contributed by atoms with Gasteiger partial charge in [-0.15, -0.1) is 0 Å². The van der Waals surface area contributed by atoms with Gasteiger partial charge in [0.15, 0.2) is 0 Å². The molecular weight excluding hydrogens is 396 g/mol. The van der Waals surface area contributed by atoms with Gasteiger partial charge in [-0.2, -0.15) is 0 Å². The number of nitrogen functional groups attached to an aromatic ring is 1. The van der Waals surface area contributed by atoms with Gasteiger partial charge >= 0.3 is 0 Å². The first-order valence-corrected chi connectivity index (χ1v) is 11.5. The molecule has 0 saturated carbocycles. The maximum Gasteiger partial charge on any atom is 0.255 e. The molecule has 0 aliphatic rings. The quantitative estimate of drug-likeness (QED) is 0.508. The van der Waals surface area contributed by atoms with E-state index in [9.17, 15) is 13.2 Å². The van der Waals surface area contributed by atoms with Gasteiger partial charge in [0.2, 0.25) is 9.84 Å². The van der Waals surface area contributed by atoms with Crippen LogP contribution in [0.2, 0.25) is 0 Å². The highest BCUT2D eigenvalue weighted by Gasteiger charge is 2.17. The lowest BCUT2D eigenvalue weighted by atomic mass is 9.93. The van der Waals surface area contributed by atoms with E-state index in [0.29, 0.717) is 22.9 Å². The Morgan fingerprint density at radius 1 is 0.833 bits per heavy atom. The summed E-state index contributed by atoms with van der Waals surface area (Å²) in [6.07, 6.45) is 2.13. The summed E-state index contributed by atoms with van der Waals surface area (Å²) in [4.78, 5) is 12.9. The summed E-state index contributed by atoms with van der Waals surface area (Å²) in [6, 6.07) is 19.8. The second-order valence-corrected chi connectivity index (χ2v) is 9.14. The minimum Gasteiger partial charge on any atom is -0.399 e. The number of amides is 1. The molecule has 156 valence electrons. The fourth-order valence-corrected chi connectivity index (χ4v) is 4.63. The number of nitrogens with one attached hydrogen (secondary N) is 1. The van der Waals surface area contributed by atoms with Crippen molar-refractivity contribution in [2.24, 2.45) is 0 Å². The van der Waals surface area contributed by atoms with Crippen molar-refractivity contribution < 1.29 is 13.2 Å². The number of benzene rings is 3. The Morgan fingerprint density at radius 3 is 1.83 bits per heavy atom. The van der Waals surface area contributed by atoms with Crippen molar-refractivity contribution in [3.8, 4) is 0 Å². The predicted octanol–water partition coefficient (Wildman–Crippen LogP) is 5.26. The van der Waals surface area contributed by atoms with Gasteiger partial charge in [0, 0.05) is 16.9 Å². The normalized spacial score (nSPS) is 11.4. The van der Waals surface area contributed by atoms with E-state index in [1.165, 1.54) is 29.8 Å². The number of sulfone groups is 1. The van der Waals surface area contributed by atoms with Crippen LogP contribution in [0.3, 0.4) is 0 Å². The summed E-state index contributed by atoms with van der Waals surface area (Å²) >= 11 is 0. The largest absolute Gasteiger partial charge is 0.399 e. The van der Waals surface area contributed by atoms with Crippen molar-refractivity contribution >= 4 is 27.1 Å². The highest BCUT2D eigenvalue weighted by Crippen LogP contribution is 2.25. The zero-order valence-corrected chi connectivity index (χ0v) is 17.9. The minimum absolute atomic E-state index is 0.153. The van der Waals surface area contributed by atoms with Gasteiger partial charge in [-0.1, -0.05) is 26.0 Å². The van der Waals surface area contributed by atoms with Crippen molar-refractivity contribution in [3.63, 3.8) is 0 Å². The van der Waals surface area contributed by atoms with E-state index in [1.54, 1.807) is 24.3 Å². The van der Waals surface area contributed by atoms with Crippen LogP contribution in [0.25, 0.3) is 0 Å². The summed E-state index contributed by atoms with van der Waals surface area (Å²) < 4.78 is 25.4. The van der Waals surface area contributed by atoms with Crippen LogP contribution in [0.1, 0.15) is 48.5 Å². The van der Waals surface area contributed by atoms with Crippen LogP contribution in [0.15, 0.2) is 82.6 Å². The molecule has 0 atom stereocenters. The maximum absolute atomic E-state index is 12.7. The first kappa shape index (κ1) is 21.6. The summed E-state index contributed by atoms with van der Waals surface area (Å²) in [5.74, 6) is 0.262. The second-order valence-electron chi connectivity index (χ2n) is 7.19. The molecule has 3 aromatic carbocycles. The van der Waals surface area contributed by atoms with Crippen molar-refractivity contribution in [1.29, 1.82) is 0 Å². The molecule has 30 heavy (non-hydrogen) atoms. The van der Waals surface area contributed by atoms with Gasteiger partial charge in [-0.05, 0) is 85.0 Å². The zero-order chi connectivity index (χ0) is 21.7. The van der Waals surface area contributed by atoms with Crippen molar-refractivity contribution in [2.75, 3.05) is 11.1 Å². The second kappa shape index (κ2) is 9.13. The molecule has 6 heteroatoms. The molecule has 0 aromatic heterocycles. The van der Waals surface area contributed by atoms with Gasteiger partial charge < -0.3 is 11.1 Å². The molecule has 0 spiro atoms. The number of hydrogen-bond donors (Lipinski definition) is 2. The molecule has 0 radical (unpaired) electrons. The van der Waals surface area contributed by atoms with Gasteiger partial charge in [0.1, 0.15) is 0 Å². The standard InChI is InChI=1S/C24H26N2O3S/c1-3-17(4-2)18-5-7-19(8-6-18)24(27)26-21-11-15-23(16-12-21)30(28,29)22-13-9-20(25)10-14-22/h5-17H,3-4,25H2,1-2H3,(H,26,27). The van der Waals surface area contributed by atoms with E-state index in [4.69, 9.17) is 5.73 Å². The van der Waals surface area contributed by atoms with E-state index in [0.717, 1.165) is 12.8 Å². The number of anilines is 2. The van der Waals surface area contributed by atoms with Crippen molar-refractivity contribution in [2.45, 2.75) is 42.4 Å². The fourth-order valence-electron chi connectivity index (χ4n) is 3.37.